The Balaban J connectivity index is 0.000000228. The van der Waals surface area contributed by atoms with Crippen molar-refractivity contribution in [3.8, 4) is 0 Å². The summed E-state index contributed by atoms with van der Waals surface area (Å²) in [7, 11) is -3.18. The third-order valence-corrected chi connectivity index (χ3v) is 5.97. The van der Waals surface area contributed by atoms with Crippen LogP contribution in [0, 0.1) is 5.92 Å². The smallest absolute Gasteiger partial charge is 0.211 e. The molecule has 1 unspecified atom stereocenters. The number of aldehydes is 1. The second kappa shape index (κ2) is 9.68. The molecule has 3 rings (SSSR count). The lowest BCUT2D eigenvalue weighted by atomic mass is 10.1. The largest absolute Gasteiger partial charge is 0.298 e. The van der Waals surface area contributed by atoms with Gasteiger partial charge in [-0.05, 0) is 75.2 Å². The number of sulfonamides is 1. The van der Waals surface area contributed by atoms with E-state index < -0.39 is 10.0 Å². The molecule has 0 radical (unpaired) electrons. The van der Waals surface area contributed by atoms with Crippen LogP contribution in [0.25, 0.3) is 0 Å². The summed E-state index contributed by atoms with van der Waals surface area (Å²) in [6.45, 7) is 1.64. The number of carbonyl (C=O) groups excluding carboxylic acids is 1. The first-order valence-electron chi connectivity index (χ1n) is 8.00. The summed E-state index contributed by atoms with van der Waals surface area (Å²) < 4.78 is 27.8. The Bertz CT molecular complexity index is 858. The Kier molecular flexibility index (Phi) is 7.87. The van der Waals surface area contributed by atoms with Crippen LogP contribution in [-0.4, -0.2) is 30.4 Å². The molecular formula is C17H19Br2N3O3S. The van der Waals surface area contributed by atoms with E-state index in [1.54, 1.807) is 31.6 Å². The first kappa shape index (κ1) is 21.1. The molecule has 6 nitrogen and oxygen atoms in total. The summed E-state index contributed by atoms with van der Waals surface area (Å²) in [4.78, 5) is 18.0. The fourth-order valence-electron chi connectivity index (χ4n) is 2.23. The van der Waals surface area contributed by atoms with Gasteiger partial charge >= 0.3 is 0 Å². The molecule has 1 N–H and O–H groups in total. The molecule has 1 aliphatic carbocycles. The fraction of sp³-hybridized carbons (Fsp3) is 0.353. The highest BCUT2D eigenvalue weighted by atomic mass is 79.9. The van der Waals surface area contributed by atoms with Gasteiger partial charge in [0.2, 0.25) is 10.0 Å². The summed E-state index contributed by atoms with van der Waals surface area (Å²) in [5.41, 5.74) is 1.52. The van der Waals surface area contributed by atoms with Crippen LogP contribution in [0.15, 0.2) is 45.9 Å². The molecule has 2 aromatic rings. The van der Waals surface area contributed by atoms with Crippen molar-refractivity contribution in [1.29, 1.82) is 0 Å². The molecule has 0 aromatic carbocycles. The minimum absolute atomic E-state index is 0.109. The van der Waals surface area contributed by atoms with E-state index >= 15 is 0 Å². The molecule has 2 heterocycles. The number of nitrogens with one attached hydrogen (secondary N) is 1. The van der Waals surface area contributed by atoms with Crippen LogP contribution in [-0.2, 0) is 10.0 Å². The molecule has 1 aliphatic rings. The van der Waals surface area contributed by atoms with Gasteiger partial charge in [0, 0.05) is 39.3 Å². The average Bonchev–Trinajstić information content (AvgIpc) is 3.45. The van der Waals surface area contributed by atoms with Crippen molar-refractivity contribution in [3.05, 3.63) is 57.0 Å². The van der Waals surface area contributed by atoms with E-state index in [-0.39, 0.29) is 11.8 Å². The van der Waals surface area contributed by atoms with E-state index in [0.29, 0.717) is 11.5 Å². The lowest BCUT2D eigenvalue weighted by Gasteiger charge is -2.18. The SMILES string of the molecule is CCS(=O)(=O)NC(c1cncc(Br)c1)C1CC1.O=Cc1cncc(Br)c1. The Labute approximate surface area is 170 Å². The maximum absolute atomic E-state index is 11.7. The zero-order chi connectivity index (χ0) is 19.2. The van der Waals surface area contributed by atoms with E-state index in [1.807, 2.05) is 6.07 Å². The second-order valence-electron chi connectivity index (χ2n) is 5.83. The second-order valence-corrected chi connectivity index (χ2v) is 9.70. The van der Waals surface area contributed by atoms with Crippen molar-refractivity contribution >= 4 is 48.2 Å². The molecule has 0 spiro atoms. The number of rotatable bonds is 6. The molecule has 1 fully saturated rings. The van der Waals surface area contributed by atoms with Crippen LogP contribution < -0.4 is 4.72 Å². The van der Waals surface area contributed by atoms with Crippen LogP contribution in [0.1, 0.15) is 41.7 Å². The van der Waals surface area contributed by atoms with Crippen LogP contribution in [0.2, 0.25) is 0 Å². The lowest BCUT2D eigenvalue weighted by Crippen LogP contribution is -2.31. The first-order valence-corrected chi connectivity index (χ1v) is 11.2. The fourth-order valence-corrected chi connectivity index (χ4v) is 3.88. The topological polar surface area (TPSA) is 89.0 Å². The van der Waals surface area contributed by atoms with Crippen molar-refractivity contribution in [2.24, 2.45) is 5.92 Å². The molecule has 26 heavy (non-hydrogen) atoms. The number of nitrogens with zero attached hydrogens (tertiary/aromatic N) is 2. The highest BCUT2D eigenvalue weighted by molar-refractivity contribution is 9.10. The number of aromatic nitrogens is 2. The zero-order valence-corrected chi connectivity index (χ0v) is 18.1. The molecule has 1 saturated carbocycles. The van der Waals surface area contributed by atoms with E-state index in [2.05, 4.69) is 46.5 Å². The van der Waals surface area contributed by atoms with E-state index in [1.165, 1.54) is 6.20 Å². The first-order chi connectivity index (χ1) is 12.3. The zero-order valence-electron chi connectivity index (χ0n) is 14.1. The summed E-state index contributed by atoms with van der Waals surface area (Å²) in [6, 6.07) is 3.50. The van der Waals surface area contributed by atoms with Gasteiger partial charge in [-0.3, -0.25) is 14.8 Å². The average molecular weight is 505 g/mol. The van der Waals surface area contributed by atoms with Crippen LogP contribution in [0.5, 0.6) is 0 Å². The normalized spacial score (nSPS) is 14.9. The maximum Gasteiger partial charge on any atom is 0.211 e. The molecule has 140 valence electrons. The third kappa shape index (κ3) is 6.86. The third-order valence-electron chi connectivity index (χ3n) is 3.73. The number of hydrogen-bond donors (Lipinski definition) is 1. The lowest BCUT2D eigenvalue weighted by molar-refractivity contribution is 0.112. The van der Waals surface area contributed by atoms with Crippen molar-refractivity contribution in [2.45, 2.75) is 25.8 Å². The van der Waals surface area contributed by atoms with Gasteiger partial charge in [0.25, 0.3) is 0 Å². The Morgan fingerprint density at radius 1 is 1.15 bits per heavy atom. The van der Waals surface area contributed by atoms with Crippen molar-refractivity contribution in [1.82, 2.24) is 14.7 Å². The summed E-state index contributed by atoms with van der Waals surface area (Å²) in [6.07, 6.45) is 9.48. The van der Waals surface area contributed by atoms with Gasteiger partial charge in [0.1, 0.15) is 0 Å². The van der Waals surface area contributed by atoms with Crippen molar-refractivity contribution < 1.29 is 13.2 Å². The molecule has 0 bridgehead atoms. The van der Waals surface area contributed by atoms with Crippen LogP contribution in [0.3, 0.4) is 0 Å². The van der Waals surface area contributed by atoms with E-state index in [0.717, 1.165) is 33.6 Å². The molecular weight excluding hydrogens is 486 g/mol. The molecule has 1 atom stereocenters. The summed E-state index contributed by atoms with van der Waals surface area (Å²) >= 11 is 6.54. The summed E-state index contributed by atoms with van der Waals surface area (Å²) in [5.74, 6) is 0.518. The predicted octanol–water partition coefficient (Wildman–Crippen LogP) is 3.89. The molecule has 2 aromatic heterocycles. The predicted molar refractivity (Wildman–Crippen MR) is 107 cm³/mol. The Hall–Kier alpha value is -1.16. The van der Waals surface area contributed by atoms with Gasteiger partial charge in [0.05, 0.1) is 11.8 Å². The van der Waals surface area contributed by atoms with E-state index in [9.17, 15) is 13.2 Å². The minimum atomic E-state index is -3.18. The van der Waals surface area contributed by atoms with Gasteiger partial charge in [0.15, 0.2) is 6.29 Å². The monoisotopic (exact) mass is 503 g/mol. The van der Waals surface area contributed by atoms with Gasteiger partial charge in [-0.2, -0.15) is 0 Å². The number of pyridine rings is 2. The quantitative estimate of drug-likeness (QED) is 0.602. The number of halogens is 2. The highest BCUT2D eigenvalue weighted by Gasteiger charge is 2.34. The van der Waals surface area contributed by atoms with Crippen LogP contribution >= 0.6 is 31.9 Å². The van der Waals surface area contributed by atoms with Gasteiger partial charge in [-0.25, -0.2) is 13.1 Å². The Morgan fingerprint density at radius 2 is 1.77 bits per heavy atom. The highest BCUT2D eigenvalue weighted by Crippen LogP contribution is 2.41. The molecule has 0 aliphatic heterocycles. The van der Waals surface area contributed by atoms with Gasteiger partial charge in [-0.1, -0.05) is 0 Å². The Morgan fingerprint density at radius 3 is 2.23 bits per heavy atom. The molecule has 0 saturated heterocycles. The van der Waals surface area contributed by atoms with Crippen molar-refractivity contribution in [3.63, 3.8) is 0 Å². The minimum Gasteiger partial charge on any atom is -0.298 e. The summed E-state index contributed by atoms with van der Waals surface area (Å²) in [5, 5.41) is 0. The van der Waals surface area contributed by atoms with Gasteiger partial charge in [-0.15, -0.1) is 0 Å². The number of carbonyl (C=O) groups is 1. The number of hydrogen-bond acceptors (Lipinski definition) is 5. The van der Waals surface area contributed by atoms with Gasteiger partial charge < -0.3 is 0 Å². The molecule has 0 amide bonds. The van der Waals surface area contributed by atoms with E-state index in [4.69, 9.17) is 0 Å². The maximum atomic E-state index is 11.7. The van der Waals surface area contributed by atoms with Crippen molar-refractivity contribution in [2.75, 3.05) is 5.75 Å². The van der Waals surface area contributed by atoms with Crippen LogP contribution in [0.4, 0.5) is 0 Å². The standard InChI is InChI=1S/C11H15BrN2O2S.C6H4BrNO/c1-2-17(15,16)14-11(8-3-4-8)9-5-10(12)7-13-6-9;7-6-1-5(4-9)2-8-3-6/h5-8,11,14H,2-4H2,1H3;1-4H. The molecule has 9 heteroatoms.